The van der Waals surface area contributed by atoms with Crippen molar-refractivity contribution in [3.8, 4) is 0 Å². The summed E-state index contributed by atoms with van der Waals surface area (Å²) in [4.78, 5) is 0. The van der Waals surface area contributed by atoms with E-state index in [4.69, 9.17) is 11.6 Å². The Balaban J connectivity index is 4.20. The minimum absolute atomic E-state index is 0.0101. The van der Waals surface area contributed by atoms with Crippen LogP contribution >= 0.6 is 11.6 Å². The Hall–Kier alpha value is 0.200. The second kappa shape index (κ2) is 6.22. The van der Waals surface area contributed by atoms with Crippen LogP contribution in [0.25, 0.3) is 0 Å². The Kier molecular flexibility index (Phi) is 6.30. The van der Waals surface area contributed by atoms with Gasteiger partial charge in [0.2, 0.25) is 10.0 Å². The highest BCUT2D eigenvalue weighted by Crippen LogP contribution is 2.24. The lowest BCUT2D eigenvalue weighted by Crippen LogP contribution is -2.36. The van der Waals surface area contributed by atoms with Crippen LogP contribution in [0.15, 0.2) is 0 Å². The Morgan fingerprint density at radius 1 is 1.25 bits per heavy atom. The van der Waals surface area contributed by atoms with Gasteiger partial charge in [0, 0.05) is 12.4 Å². The van der Waals surface area contributed by atoms with Gasteiger partial charge < -0.3 is 0 Å². The molecule has 0 aromatic rings. The monoisotopic (exact) mass is 269 g/mol. The first-order valence-electron chi connectivity index (χ1n) is 5.62. The molecule has 0 saturated heterocycles. The van der Waals surface area contributed by atoms with Gasteiger partial charge in [-0.15, -0.1) is 11.6 Å². The van der Waals surface area contributed by atoms with Crippen molar-refractivity contribution < 1.29 is 8.42 Å². The minimum atomic E-state index is -3.18. The lowest BCUT2D eigenvalue weighted by molar-refractivity contribution is 0.263. The zero-order chi connectivity index (χ0) is 13.0. The van der Waals surface area contributed by atoms with Gasteiger partial charge in [-0.3, -0.25) is 0 Å². The molecular weight excluding hydrogens is 246 g/mol. The standard InChI is InChI=1S/C11H24ClNO2S/c1-9(6-12)8-16(14,15)13-7-10(2)11(3,4)5/h9-10,13H,6-8H2,1-5H3. The van der Waals surface area contributed by atoms with Gasteiger partial charge in [0.1, 0.15) is 0 Å². The molecule has 0 amide bonds. The topological polar surface area (TPSA) is 46.2 Å². The van der Waals surface area contributed by atoms with E-state index in [1.807, 2.05) is 13.8 Å². The highest BCUT2D eigenvalue weighted by molar-refractivity contribution is 7.89. The fourth-order valence-electron chi connectivity index (χ4n) is 1.04. The molecule has 98 valence electrons. The average Bonchev–Trinajstić information content (AvgIpc) is 2.11. The fourth-order valence-corrected chi connectivity index (χ4v) is 2.76. The number of halogens is 1. The Morgan fingerprint density at radius 3 is 2.12 bits per heavy atom. The maximum Gasteiger partial charge on any atom is 0.211 e. The summed E-state index contributed by atoms with van der Waals surface area (Å²) in [7, 11) is -3.18. The van der Waals surface area contributed by atoms with Gasteiger partial charge in [0.15, 0.2) is 0 Å². The second-order valence-corrected chi connectivity index (χ2v) is 7.82. The molecule has 0 aromatic heterocycles. The molecule has 0 saturated carbocycles. The smallest absolute Gasteiger partial charge is 0.211 e. The molecule has 0 aliphatic carbocycles. The predicted molar refractivity (Wildman–Crippen MR) is 70.3 cm³/mol. The summed E-state index contributed by atoms with van der Waals surface area (Å²) in [6, 6.07) is 0. The van der Waals surface area contributed by atoms with E-state index in [0.29, 0.717) is 18.3 Å². The van der Waals surface area contributed by atoms with Gasteiger partial charge in [0.25, 0.3) is 0 Å². The first-order chi connectivity index (χ1) is 7.08. The predicted octanol–water partition coefficient (Wildman–Crippen LogP) is 2.46. The van der Waals surface area contributed by atoms with Crippen molar-refractivity contribution >= 4 is 21.6 Å². The van der Waals surface area contributed by atoms with E-state index in [2.05, 4.69) is 25.5 Å². The van der Waals surface area contributed by atoms with Gasteiger partial charge in [-0.1, -0.05) is 34.6 Å². The van der Waals surface area contributed by atoms with Crippen molar-refractivity contribution in [2.24, 2.45) is 17.3 Å². The van der Waals surface area contributed by atoms with Gasteiger partial charge in [-0.05, 0) is 17.3 Å². The largest absolute Gasteiger partial charge is 0.215 e. The van der Waals surface area contributed by atoms with Crippen LogP contribution in [0.5, 0.6) is 0 Å². The number of rotatable bonds is 6. The molecule has 0 bridgehead atoms. The third-order valence-corrected chi connectivity index (χ3v) is 5.00. The van der Waals surface area contributed by atoms with E-state index in [1.54, 1.807) is 0 Å². The van der Waals surface area contributed by atoms with E-state index in [0.717, 1.165) is 0 Å². The Labute approximate surface area is 105 Å². The molecule has 0 aliphatic heterocycles. The third kappa shape index (κ3) is 6.71. The molecule has 1 N–H and O–H groups in total. The number of sulfonamides is 1. The highest BCUT2D eigenvalue weighted by Gasteiger charge is 2.22. The quantitative estimate of drug-likeness (QED) is 0.753. The summed E-state index contributed by atoms with van der Waals surface area (Å²) in [5, 5.41) is 0. The van der Waals surface area contributed by atoms with Crippen molar-refractivity contribution in [2.75, 3.05) is 18.2 Å². The Morgan fingerprint density at radius 2 is 1.75 bits per heavy atom. The van der Waals surface area contributed by atoms with Gasteiger partial charge in [-0.2, -0.15) is 0 Å². The zero-order valence-corrected chi connectivity index (χ0v) is 12.5. The van der Waals surface area contributed by atoms with Crippen LogP contribution in [0, 0.1) is 17.3 Å². The van der Waals surface area contributed by atoms with E-state index in [9.17, 15) is 8.42 Å². The van der Waals surface area contributed by atoms with E-state index in [-0.39, 0.29) is 17.1 Å². The van der Waals surface area contributed by atoms with E-state index >= 15 is 0 Å². The molecule has 0 fully saturated rings. The third-order valence-electron chi connectivity index (χ3n) is 2.86. The summed E-state index contributed by atoms with van der Waals surface area (Å²) in [5.41, 5.74) is 0.112. The molecule has 2 atom stereocenters. The van der Waals surface area contributed by atoms with Crippen LogP contribution in [0.3, 0.4) is 0 Å². The van der Waals surface area contributed by atoms with Crippen LogP contribution in [0.2, 0.25) is 0 Å². The van der Waals surface area contributed by atoms with Gasteiger partial charge >= 0.3 is 0 Å². The molecule has 0 aromatic carbocycles. The summed E-state index contributed by atoms with van der Waals surface area (Å²) >= 11 is 5.60. The number of hydrogen-bond acceptors (Lipinski definition) is 2. The maximum atomic E-state index is 11.7. The van der Waals surface area contributed by atoms with Crippen LogP contribution in [0.4, 0.5) is 0 Å². The van der Waals surface area contributed by atoms with Gasteiger partial charge in [0.05, 0.1) is 5.75 Å². The molecule has 0 rings (SSSR count). The second-order valence-electron chi connectivity index (χ2n) is 5.66. The van der Waals surface area contributed by atoms with E-state index in [1.165, 1.54) is 0 Å². The van der Waals surface area contributed by atoms with Crippen LogP contribution < -0.4 is 4.72 Å². The maximum absolute atomic E-state index is 11.7. The number of nitrogens with one attached hydrogen (secondary N) is 1. The number of hydrogen-bond donors (Lipinski definition) is 1. The first kappa shape index (κ1) is 16.2. The Bertz CT molecular complexity index is 296. The van der Waals surface area contributed by atoms with Crippen molar-refractivity contribution in [2.45, 2.75) is 34.6 Å². The molecular formula is C11H24ClNO2S. The summed E-state index contributed by atoms with van der Waals surface area (Å²) in [5.74, 6) is 0.765. The molecule has 3 nitrogen and oxygen atoms in total. The normalized spacial score (nSPS) is 17.1. The summed E-state index contributed by atoms with van der Waals surface area (Å²) in [6.45, 7) is 10.7. The molecule has 0 aliphatic rings. The SMILES string of the molecule is CC(CCl)CS(=O)(=O)NCC(C)C(C)(C)C. The molecule has 2 unspecified atom stereocenters. The average molecular weight is 270 g/mol. The van der Waals surface area contributed by atoms with Crippen molar-refractivity contribution in [3.05, 3.63) is 0 Å². The molecule has 0 spiro atoms. The summed E-state index contributed by atoms with van der Waals surface area (Å²) in [6.07, 6.45) is 0. The fraction of sp³-hybridized carbons (Fsp3) is 1.00. The lowest BCUT2D eigenvalue weighted by Gasteiger charge is -2.27. The zero-order valence-electron chi connectivity index (χ0n) is 10.9. The molecule has 0 heterocycles. The number of alkyl halides is 1. The summed E-state index contributed by atoms with van der Waals surface area (Å²) < 4.78 is 26.0. The minimum Gasteiger partial charge on any atom is -0.215 e. The van der Waals surface area contributed by atoms with Crippen molar-refractivity contribution in [3.63, 3.8) is 0 Å². The van der Waals surface area contributed by atoms with Crippen LogP contribution in [-0.4, -0.2) is 26.6 Å². The van der Waals surface area contributed by atoms with Crippen LogP contribution in [-0.2, 0) is 10.0 Å². The van der Waals surface area contributed by atoms with Crippen molar-refractivity contribution in [1.82, 2.24) is 4.72 Å². The molecule has 5 heteroatoms. The highest BCUT2D eigenvalue weighted by atomic mass is 35.5. The molecule has 16 heavy (non-hydrogen) atoms. The first-order valence-corrected chi connectivity index (χ1v) is 7.80. The molecule has 0 radical (unpaired) electrons. The van der Waals surface area contributed by atoms with Gasteiger partial charge in [-0.25, -0.2) is 13.1 Å². The lowest BCUT2D eigenvalue weighted by atomic mass is 9.82. The van der Waals surface area contributed by atoms with E-state index < -0.39 is 10.0 Å². The van der Waals surface area contributed by atoms with Crippen LogP contribution in [0.1, 0.15) is 34.6 Å². The van der Waals surface area contributed by atoms with Crippen molar-refractivity contribution in [1.29, 1.82) is 0 Å².